The first-order chi connectivity index (χ1) is 10.1. The Morgan fingerprint density at radius 2 is 1.86 bits per heavy atom. The number of anilines is 2. The molecule has 2 heterocycles. The quantitative estimate of drug-likeness (QED) is 0.809. The van der Waals surface area contributed by atoms with E-state index in [0.29, 0.717) is 6.04 Å². The van der Waals surface area contributed by atoms with Gasteiger partial charge in [0.1, 0.15) is 17.5 Å². The van der Waals surface area contributed by atoms with Gasteiger partial charge in [0.15, 0.2) is 0 Å². The zero-order chi connectivity index (χ0) is 15.2. The molecule has 1 atom stereocenters. The van der Waals surface area contributed by atoms with Gasteiger partial charge in [-0.15, -0.1) is 0 Å². The van der Waals surface area contributed by atoms with Gasteiger partial charge >= 0.3 is 0 Å². The first-order valence-electron chi connectivity index (χ1n) is 8.18. The number of hydrogen-bond donors (Lipinski definition) is 2. The normalized spacial score (nSPS) is 17.0. The Kier molecular flexibility index (Phi) is 5.79. The van der Waals surface area contributed by atoms with Crippen LogP contribution in [0.2, 0.25) is 0 Å². The van der Waals surface area contributed by atoms with Crippen molar-refractivity contribution in [3.8, 4) is 0 Å². The summed E-state index contributed by atoms with van der Waals surface area (Å²) in [5.41, 5.74) is 1.10. The van der Waals surface area contributed by atoms with Crippen molar-refractivity contribution in [2.45, 2.75) is 52.5 Å². The van der Waals surface area contributed by atoms with Crippen molar-refractivity contribution in [2.75, 3.05) is 37.3 Å². The molecule has 1 aliphatic rings. The molecule has 0 amide bonds. The van der Waals surface area contributed by atoms with Crippen molar-refractivity contribution < 1.29 is 0 Å². The van der Waals surface area contributed by atoms with Gasteiger partial charge in [-0.1, -0.05) is 6.92 Å². The summed E-state index contributed by atoms with van der Waals surface area (Å²) in [4.78, 5) is 11.8. The molecular formula is C16H29N5. The first-order valence-corrected chi connectivity index (χ1v) is 8.18. The van der Waals surface area contributed by atoms with Crippen LogP contribution in [0, 0.1) is 6.92 Å². The summed E-state index contributed by atoms with van der Waals surface area (Å²) in [6, 6.07) is 0.399. The fraction of sp³-hybridized carbons (Fsp3) is 0.750. The Morgan fingerprint density at radius 3 is 2.48 bits per heavy atom. The molecule has 1 aromatic heterocycles. The summed E-state index contributed by atoms with van der Waals surface area (Å²) in [6.45, 7) is 10.0. The van der Waals surface area contributed by atoms with Gasteiger partial charge < -0.3 is 15.5 Å². The van der Waals surface area contributed by atoms with Crippen molar-refractivity contribution in [3.05, 3.63) is 11.4 Å². The highest BCUT2D eigenvalue weighted by Crippen LogP contribution is 2.21. The van der Waals surface area contributed by atoms with Crippen LogP contribution in [0.4, 0.5) is 11.6 Å². The summed E-state index contributed by atoms with van der Waals surface area (Å²) in [7, 11) is 1.92. The lowest BCUT2D eigenvalue weighted by molar-refractivity contribution is 0.327. The summed E-state index contributed by atoms with van der Waals surface area (Å²) in [5, 5.41) is 6.76. The molecule has 0 spiro atoms. The van der Waals surface area contributed by atoms with Crippen LogP contribution in [-0.2, 0) is 6.42 Å². The van der Waals surface area contributed by atoms with Gasteiger partial charge in [-0.25, -0.2) is 9.97 Å². The largest absolute Gasteiger partial charge is 0.373 e. The zero-order valence-corrected chi connectivity index (χ0v) is 13.9. The topological polar surface area (TPSA) is 53.1 Å². The molecule has 1 saturated heterocycles. The van der Waals surface area contributed by atoms with E-state index in [9.17, 15) is 0 Å². The molecule has 0 bridgehead atoms. The van der Waals surface area contributed by atoms with Gasteiger partial charge in [-0.2, -0.15) is 0 Å². The number of aromatic nitrogens is 2. The molecule has 0 saturated carbocycles. The van der Waals surface area contributed by atoms with Gasteiger partial charge in [0.2, 0.25) is 0 Å². The van der Waals surface area contributed by atoms with Crippen molar-refractivity contribution in [2.24, 2.45) is 0 Å². The van der Waals surface area contributed by atoms with Crippen LogP contribution in [0.25, 0.3) is 0 Å². The molecule has 0 aliphatic carbocycles. The monoisotopic (exact) mass is 291 g/mol. The van der Waals surface area contributed by atoms with E-state index in [1.807, 2.05) is 7.05 Å². The Hall–Kier alpha value is -1.36. The summed E-state index contributed by atoms with van der Waals surface area (Å²) < 4.78 is 0. The molecule has 21 heavy (non-hydrogen) atoms. The van der Waals surface area contributed by atoms with Crippen LogP contribution in [-0.4, -0.2) is 47.6 Å². The number of nitrogens with one attached hydrogen (secondary N) is 2. The summed E-state index contributed by atoms with van der Waals surface area (Å²) in [5.74, 6) is 2.83. The molecule has 2 rings (SSSR count). The van der Waals surface area contributed by atoms with E-state index in [2.05, 4.69) is 41.3 Å². The highest BCUT2D eigenvalue weighted by molar-refractivity contribution is 5.57. The standard InChI is InChI=1S/C16H29N5/c1-5-8-14-19-15(17-4)13(3)16(20-14)18-12(2)11-21-9-6-7-10-21/h12H,5-11H2,1-4H3,(H2,17,18,19,20). The second kappa shape index (κ2) is 7.59. The number of rotatable bonds is 7. The first kappa shape index (κ1) is 16.0. The van der Waals surface area contributed by atoms with Crippen LogP contribution in [0.15, 0.2) is 0 Å². The zero-order valence-electron chi connectivity index (χ0n) is 13.9. The van der Waals surface area contributed by atoms with Crippen LogP contribution in [0.1, 0.15) is 44.5 Å². The van der Waals surface area contributed by atoms with E-state index in [-0.39, 0.29) is 0 Å². The van der Waals surface area contributed by atoms with Gasteiger partial charge in [-0.3, -0.25) is 0 Å². The highest BCUT2D eigenvalue weighted by atomic mass is 15.2. The second-order valence-electron chi connectivity index (χ2n) is 6.02. The lowest BCUT2D eigenvalue weighted by Gasteiger charge is -2.23. The molecule has 118 valence electrons. The predicted octanol–water partition coefficient (Wildman–Crippen LogP) is 2.68. The molecule has 1 aliphatic heterocycles. The third-order valence-electron chi connectivity index (χ3n) is 4.02. The summed E-state index contributed by atoms with van der Waals surface area (Å²) >= 11 is 0. The van der Waals surface area contributed by atoms with Gasteiger partial charge in [0, 0.05) is 31.6 Å². The molecule has 0 aromatic carbocycles. The van der Waals surface area contributed by atoms with E-state index in [1.165, 1.54) is 25.9 Å². The second-order valence-corrected chi connectivity index (χ2v) is 6.02. The van der Waals surface area contributed by atoms with E-state index >= 15 is 0 Å². The fourth-order valence-corrected chi connectivity index (χ4v) is 2.91. The van der Waals surface area contributed by atoms with E-state index in [1.54, 1.807) is 0 Å². The Labute approximate surface area is 128 Å². The lowest BCUT2D eigenvalue weighted by Crippen LogP contribution is -2.33. The van der Waals surface area contributed by atoms with Crippen LogP contribution >= 0.6 is 0 Å². The van der Waals surface area contributed by atoms with E-state index < -0.39 is 0 Å². The molecule has 5 heteroatoms. The number of nitrogens with zero attached hydrogens (tertiary/aromatic N) is 3. The molecule has 5 nitrogen and oxygen atoms in total. The number of likely N-dealkylation sites (tertiary alicyclic amines) is 1. The SMILES string of the molecule is CCCc1nc(NC)c(C)c(NC(C)CN2CCCC2)n1. The molecule has 0 radical (unpaired) electrons. The Morgan fingerprint density at radius 1 is 1.19 bits per heavy atom. The predicted molar refractivity (Wildman–Crippen MR) is 89.1 cm³/mol. The molecular weight excluding hydrogens is 262 g/mol. The van der Waals surface area contributed by atoms with Crippen LogP contribution in [0.5, 0.6) is 0 Å². The minimum Gasteiger partial charge on any atom is -0.373 e. The highest BCUT2D eigenvalue weighted by Gasteiger charge is 2.16. The maximum atomic E-state index is 4.70. The summed E-state index contributed by atoms with van der Waals surface area (Å²) in [6.07, 6.45) is 4.66. The minimum atomic E-state index is 0.399. The molecule has 1 fully saturated rings. The fourth-order valence-electron chi connectivity index (χ4n) is 2.91. The van der Waals surface area contributed by atoms with Crippen LogP contribution < -0.4 is 10.6 Å². The smallest absolute Gasteiger partial charge is 0.135 e. The molecule has 1 aromatic rings. The van der Waals surface area contributed by atoms with Gasteiger partial charge in [0.05, 0.1) is 0 Å². The van der Waals surface area contributed by atoms with Gasteiger partial charge in [-0.05, 0) is 46.2 Å². The molecule has 2 N–H and O–H groups in total. The Balaban J connectivity index is 2.07. The van der Waals surface area contributed by atoms with Crippen molar-refractivity contribution in [1.29, 1.82) is 0 Å². The van der Waals surface area contributed by atoms with Crippen molar-refractivity contribution in [1.82, 2.24) is 14.9 Å². The average Bonchev–Trinajstić information content (AvgIpc) is 2.95. The Bertz CT molecular complexity index is 454. The maximum Gasteiger partial charge on any atom is 0.135 e. The number of aryl methyl sites for hydroxylation is 1. The third-order valence-corrected chi connectivity index (χ3v) is 4.02. The maximum absolute atomic E-state index is 4.70. The van der Waals surface area contributed by atoms with Crippen LogP contribution in [0.3, 0.4) is 0 Å². The van der Waals surface area contributed by atoms with Crippen molar-refractivity contribution >= 4 is 11.6 Å². The van der Waals surface area contributed by atoms with E-state index in [4.69, 9.17) is 4.98 Å². The van der Waals surface area contributed by atoms with E-state index in [0.717, 1.165) is 42.4 Å². The third kappa shape index (κ3) is 4.30. The minimum absolute atomic E-state index is 0.399. The van der Waals surface area contributed by atoms with Gasteiger partial charge in [0.25, 0.3) is 0 Å². The van der Waals surface area contributed by atoms with Crippen molar-refractivity contribution in [3.63, 3.8) is 0 Å². The molecule has 1 unspecified atom stereocenters. The lowest BCUT2D eigenvalue weighted by atomic mass is 10.2. The average molecular weight is 291 g/mol. The number of hydrogen-bond acceptors (Lipinski definition) is 5.